The highest BCUT2D eigenvalue weighted by molar-refractivity contribution is 4.96. The number of nitrogens with two attached hydrogens (primary N) is 1. The summed E-state index contributed by atoms with van der Waals surface area (Å²) in [6.45, 7) is 2.13. The third-order valence-corrected chi connectivity index (χ3v) is 1.69. The van der Waals surface area contributed by atoms with Crippen molar-refractivity contribution in [3.63, 3.8) is 0 Å². The molecule has 1 aromatic rings. The highest BCUT2D eigenvalue weighted by Gasteiger charge is 2.06. The molecule has 1 unspecified atom stereocenters. The van der Waals surface area contributed by atoms with Gasteiger partial charge < -0.3 is 5.73 Å². The smallest absolute Gasteiger partial charge is 0.102 e. The third-order valence-electron chi connectivity index (χ3n) is 1.69. The molecular weight excluding hydrogens is 154 g/mol. The van der Waals surface area contributed by atoms with Crippen LogP contribution in [0.5, 0.6) is 0 Å². The van der Waals surface area contributed by atoms with Crippen molar-refractivity contribution < 1.29 is 0 Å². The Morgan fingerprint density at radius 2 is 2.33 bits per heavy atom. The molecule has 0 aromatic carbocycles. The Labute approximate surface area is 71.4 Å². The summed E-state index contributed by atoms with van der Waals surface area (Å²) in [5.74, 6) is 0. The van der Waals surface area contributed by atoms with Crippen molar-refractivity contribution in [2.24, 2.45) is 5.73 Å². The molecule has 0 radical (unpaired) electrons. The fourth-order valence-corrected chi connectivity index (χ4v) is 0.947. The molecule has 0 saturated carbocycles. The summed E-state index contributed by atoms with van der Waals surface area (Å²) < 4.78 is 0. The van der Waals surface area contributed by atoms with Gasteiger partial charge in [-0.1, -0.05) is 19.8 Å². The average molecular weight is 167 g/mol. The first-order chi connectivity index (χ1) is 5.84. The number of rotatable bonds is 4. The third kappa shape index (κ3) is 2.50. The molecular formula is C7H13N5. The van der Waals surface area contributed by atoms with Crippen LogP contribution in [0.2, 0.25) is 0 Å². The summed E-state index contributed by atoms with van der Waals surface area (Å²) in [4.78, 5) is 0. The van der Waals surface area contributed by atoms with Crippen LogP contribution in [0.3, 0.4) is 0 Å². The van der Waals surface area contributed by atoms with Crippen molar-refractivity contribution in [2.75, 3.05) is 0 Å². The van der Waals surface area contributed by atoms with Gasteiger partial charge >= 0.3 is 0 Å². The van der Waals surface area contributed by atoms with Crippen LogP contribution in [-0.4, -0.2) is 20.6 Å². The van der Waals surface area contributed by atoms with Gasteiger partial charge in [0.2, 0.25) is 0 Å². The lowest BCUT2D eigenvalue weighted by Gasteiger charge is -2.06. The van der Waals surface area contributed by atoms with Crippen molar-refractivity contribution in [1.82, 2.24) is 20.6 Å². The molecule has 0 amide bonds. The molecule has 12 heavy (non-hydrogen) atoms. The van der Waals surface area contributed by atoms with Gasteiger partial charge in [0.15, 0.2) is 0 Å². The zero-order valence-electron chi connectivity index (χ0n) is 7.14. The molecule has 0 fully saturated rings. The Morgan fingerprint density at radius 1 is 1.50 bits per heavy atom. The lowest BCUT2D eigenvalue weighted by atomic mass is 10.1. The lowest BCUT2D eigenvalue weighted by molar-refractivity contribution is 0.566. The zero-order valence-corrected chi connectivity index (χ0v) is 7.14. The quantitative estimate of drug-likeness (QED) is 0.704. The van der Waals surface area contributed by atoms with Crippen molar-refractivity contribution in [1.29, 1.82) is 0 Å². The molecule has 5 heteroatoms. The van der Waals surface area contributed by atoms with Crippen molar-refractivity contribution in [3.8, 4) is 0 Å². The Bertz CT molecular complexity index is 212. The molecule has 1 atom stereocenters. The van der Waals surface area contributed by atoms with Crippen LogP contribution in [0, 0.1) is 0 Å². The number of hydrogen-bond acceptors (Lipinski definition) is 5. The maximum absolute atomic E-state index is 5.81. The van der Waals surface area contributed by atoms with E-state index < -0.39 is 0 Å². The standard InChI is InChI=1S/C7H13N5/c1-2-3-4-6(8)7-5-9-11-12-10-7/h5-6H,2-4,8H2,1H3. The minimum absolute atomic E-state index is 0.0482. The molecule has 5 nitrogen and oxygen atoms in total. The number of unbranched alkanes of at least 4 members (excludes halogenated alkanes) is 1. The monoisotopic (exact) mass is 167 g/mol. The summed E-state index contributed by atoms with van der Waals surface area (Å²) in [7, 11) is 0. The number of nitrogens with zero attached hydrogens (tertiary/aromatic N) is 4. The van der Waals surface area contributed by atoms with Crippen molar-refractivity contribution in [2.45, 2.75) is 32.2 Å². The minimum Gasteiger partial charge on any atom is -0.323 e. The second-order valence-electron chi connectivity index (χ2n) is 2.70. The Hall–Kier alpha value is -1.10. The van der Waals surface area contributed by atoms with Gasteiger partial charge in [0.05, 0.1) is 12.2 Å². The summed E-state index contributed by atoms with van der Waals surface area (Å²) in [5, 5.41) is 14.2. The first-order valence-corrected chi connectivity index (χ1v) is 4.11. The van der Waals surface area contributed by atoms with E-state index in [0.29, 0.717) is 0 Å². The van der Waals surface area contributed by atoms with E-state index in [4.69, 9.17) is 5.73 Å². The second-order valence-corrected chi connectivity index (χ2v) is 2.70. The van der Waals surface area contributed by atoms with E-state index >= 15 is 0 Å². The van der Waals surface area contributed by atoms with E-state index in [-0.39, 0.29) is 6.04 Å². The topological polar surface area (TPSA) is 77.6 Å². The summed E-state index contributed by atoms with van der Waals surface area (Å²) in [5.41, 5.74) is 6.53. The molecule has 0 aliphatic heterocycles. The molecule has 1 heterocycles. The zero-order chi connectivity index (χ0) is 8.81. The first-order valence-electron chi connectivity index (χ1n) is 4.11. The molecule has 0 aliphatic rings. The van der Waals surface area contributed by atoms with Gasteiger partial charge in [0.25, 0.3) is 0 Å². The van der Waals surface area contributed by atoms with E-state index in [1.165, 1.54) is 0 Å². The van der Waals surface area contributed by atoms with Gasteiger partial charge in [0, 0.05) is 0 Å². The van der Waals surface area contributed by atoms with Gasteiger partial charge in [-0.3, -0.25) is 0 Å². The van der Waals surface area contributed by atoms with E-state index in [1.807, 2.05) is 0 Å². The van der Waals surface area contributed by atoms with Crippen LogP contribution >= 0.6 is 0 Å². The normalized spacial score (nSPS) is 12.8. The van der Waals surface area contributed by atoms with Crippen molar-refractivity contribution in [3.05, 3.63) is 11.9 Å². The maximum Gasteiger partial charge on any atom is 0.102 e. The lowest BCUT2D eigenvalue weighted by Crippen LogP contribution is -2.13. The summed E-state index contributed by atoms with van der Waals surface area (Å²) in [6.07, 6.45) is 4.73. The number of aromatic nitrogens is 4. The Kier molecular flexibility index (Phi) is 3.53. The largest absolute Gasteiger partial charge is 0.323 e. The van der Waals surface area contributed by atoms with Gasteiger partial charge in [-0.2, -0.15) is 0 Å². The fraction of sp³-hybridized carbons (Fsp3) is 0.714. The Morgan fingerprint density at radius 3 is 2.92 bits per heavy atom. The van der Waals surface area contributed by atoms with Crippen LogP contribution in [0.4, 0.5) is 0 Å². The van der Waals surface area contributed by atoms with Gasteiger partial charge in [-0.05, 0) is 16.8 Å². The highest BCUT2D eigenvalue weighted by atomic mass is 15.4. The Balaban J connectivity index is 2.48. The van der Waals surface area contributed by atoms with E-state index in [9.17, 15) is 0 Å². The van der Waals surface area contributed by atoms with Gasteiger partial charge in [-0.25, -0.2) is 0 Å². The van der Waals surface area contributed by atoms with E-state index in [0.717, 1.165) is 25.0 Å². The van der Waals surface area contributed by atoms with Crippen LogP contribution in [0.25, 0.3) is 0 Å². The molecule has 0 aliphatic carbocycles. The minimum atomic E-state index is -0.0482. The van der Waals surface area contributed by atoms with Crippen LogP contribution in [0.1, 0.15) is 37.9 Å². The first kappa shape index (κ1) is 8.99. The maximum atomic E-state index is 5.81. The molecule has 0 saturated heterocycles. The highest BCUT2D eigenvalue weighted by Crippen LogP contribution is 2.11. The molecule has 0 bridgehead atoms. The van der Waals surface area contributed by atoms with Crippen LogP contribution in [0.15, 0.2) is 6.20 Å². The van der Waals surface area contributed by atoms with Crippen molar-refractivity contribution >= 4 is 0 Å². The van der Waals surface area contributed by atoms with Crippen LogP contribution < -0.4 is 5.73 Å². The fourth-order valence-electron chi connectivity index (χ4n) is 0.947. The molecule has 66 valence electrons. The van der Waals surface area contributed by atoms with E-state index in [1.54, 1.807) is 6.20 Å². The van der Waals surface area contributed by atoms with Gasteiger partial charge in [-0.15, -0.1) is 10.2 Å². The predicted octanol–water partition coefficient (Wildman–Crippen LogP) is 0.457. The SMILES string of the molecule is CCCCC(N)c1cnnnn1. The summed E-state index contributed by atoms with van der Waals surface area (Å²) >= 11 is 0. The molecule has 1 aromatic heterocycles. The van der Waals surface area contributed by atoms with Crippen LogP contribution in [-0.2, 0) is 0 Å². The average Bonchev–Trinajstić information content (AvgIpc) is 2.15. The number of hydrogen-bond donors (Lipinski definition) is 1. The molecule has 0 spiro atoms. The van der Waals surface area contributed by atoms with Gasteiger partial charge in [0.1, 0.15) is 5.69 Å². The molecule has 2 N–H and O–H groups in total. The summed E-state index contributed by atoms with van der Waals surface area (Å²) in [6, 6.07) is -0.0482. The predicted molar refractivity (Wildman–Crippen MR) is 44.1 cm³/mol. The molecule has 1 rings (SSSR count). The second kappa shape index (κ2) is 4.71. The van der Waals surface area contributed by atoms with E-state index in [2.05, 4.69) is 27.5 Å².